The normalized spacial score (nSPS) is 13.5. The molecular formula is C18H14N4O4S2. The quantitative estimate of drug-likeness (QED) is 0.535. The van der Waals surface area contributed by atoms with Gasteiger partial charge in [0.2, 0.25) is 0 Å². The van der Waals surface area contributed by atoms with Crippen molar-refractivity contribution in [2.75, 3.05) is 11.9 Å². The van der Waals surface area contributed by atoms with Crippen LogP contribution in [-0.4, -0.2) is 27.8 Å². The number of fused-ring (bicyclic) bond motifs is 1. The summed E-state index contributed by atoms with van der Waals surface area (Å²) in [5.41, 5.74) is 2.05. The molecule has 0 saturated heterocycles. The summed E-state index contributed by atoms with van der Waals surface area (Å²) in [6.45, 7) is 2.88. The maximum Gasteiger partial charge on any atom is 0.278 e. The number of aromatic nitrogens is 3. The van der Waals surface area contributed by atoms with Crippen molar-refractivity contribution in [2.45, 2.75) is 20.0 Å². The van der Waals surface area contributed by atoms with Crippen molar-refractivity contribution in [3.63, 3.8) is 0 Å². The van der Waals surface area contributed by atoms with Crippen molar-refractivity contribution in [1.82, 2.24) is 15.3 Å². The van der Waals surface area contributed by atoms with Gasteiger partial charge >= 0.3 is 0 Å². The molecule has 0 saturated carbocycles. The van der Waals surface area contributed by atoms with E-state index in [1.807, 2.05) is 17.5 Å². The lowest BCUT2D eigenvalue weighted by molar-refractivity contribution is 0.101. The fourth-order valence-electron chi connectivity index (χ4n) is 3.03. The van der Waals surface area contributed by atoms with E-state index in [4.69, 9.17) is 13.8 Å². The number of carbonyl (C=O) groups excluding carboxylic acids is 1. The van der Waals surface area contributed by atoms with Gasteiger partial charge in [-0.05, 0) is 30.4 Å². The number of nitrogens with one attached hydrogen (secondary N) is 1. The summed E-state index contributed by atoms with van der Waals surface area (Å²) in [7, 11) is 0. The van der Waals surface area contributed by atoms with Crippen LogP contribution in [0.15, 0.2) is 32.6 Å². The van der Waals surface area contributed by atoms with E-state index in [9.17, 15) is 4.79 Å². The lowest BCUT2D eigenvalue weighted by atomic mass is 10.1. The van der Waals surface area contributed by atoms with E-state index >= 15 is 0 Å². The fourth-order valence-corrected chi connectivity index (χ4v) is 4.87. The van der Waals surface area contributed by atoms with Gasteiger partial charge in [-0.1, -0.05) is 16.4 Å². The third kappa shape index (κ3) is 3.05. The van der Waals surface area contributed by atoms with E-state index in [1.54, 1.807) is 13.0 Å². The predicted molar refractivity (Wildman–Crippen MR) is 103 cm³/mol. The Morgan fingerprint density at radius 1 is 1.29 bits per heavy atom. The minimum absolute atomic E-state index is 0.207. The van der Waals surface area contributed by atoms with E-state index in [1.165, 1.54) is 22.7 Å². The minimum Gasteiger partial charge on any atom is -0.376 e. The number of aryl methyl sites for hydroxylation is 1. The van der Waals surface area contributed by atoms with E-state index in [0.717, 1.165) is 27.3 Å². The highest BCUT2D eigenvalue weighted by molar-refractivity contribution is 7.17. The molecule has 0 spiro atoms. The number of carbonyl (C=O) groups is 1. The molecule has 8 nitrogen and oxygen atoms in total. The highest BCUT2D eigenvalue weighted by Gasteiger charge is 2.27. The Balaban J connectivity index is 1.48. The van der Waals surface area contributed by atoms with Crippen LogP contribution in [0.3, 0.4) is 0 Å². The van der Waals surface area contributed by atoms with E-state index in [0.29, 0.717) is 35.7 Å². The molecule has 0 aliphatic carbocycles. The number of rotatable bonds is 4. The number of anilines is 1. The van der Waals surface area contributed by atoms with Crippen molar-refractivity contribution >= 4 is 33.6 Å². The molecule has 1 N–H and O–H groups in total. The van der Waals surface area contributed by atoms with Crippen molar-refractivity contribution in [1.29, 1.82) is 0 Å². The van der Waals surface area contributed by atoms with Crippen molar-refractivity contribution in [3.05, 3.63) is 45.5 Å². The molecule has 4 aromatic rings. The van der Waals surface area contributed by atoms with Crippen LogP contribution in [-0.2, 0) is 17.8 Å². The fraction of sp³-hybridized carbons (Fsp3) is 0.222. The molecule has 4 aromatic heterocycles. The van der Waals surface area contributed by atoms with Gasteiger partial charge in [-0.3, -0.25) is 4.79 Å². The van der Waals surface area contributed by atoms with Gasteiger partial charge in [0.15, 0.2) is 17.3 Å². The molecule has 0 aromatic carbocycles. The van der Waals surface area contributed by atoms with E-state index in [2.05, 4.69) is 20.6 Å². The lowest BCUT2D eigenvalue weighted by Crippen LogP contribution is -2.12. The Morgan fingerprint density at radius 2 is 2.21 bits per heavy atom. The number of ether oxygens (including phenoxy) is 1. The maximum atomic E-state index is 12.8. The zero-order valence-electron chi connectivity index (χ0n) is 14.7. The average Bonchev–Trinajstić information content (AvgIpc) is 3.47. The summed E-state index contributed by atoms with van der Waals surface area (Å²) in [6, 6.07) is 5.46. The van der Waals surface area contributed by atoms with Crippen LogP contribution < -0.4 is 5.32 Å². The van der Waals surface area contributed by atoms with Gasteiger partial charge < -0.3 is 19.1 Å². The van der Waals surface area contributed by atoms with Crippen molar-refractivity contribution in [3.8, 4) is 22.1 Å². The molecule has 5 heterocycles. The molecule has 0 unspecified atom stereocenters. The van der Waals surface area contributed by atoms with Crippen LogP contribution in [0, 0.1) is 6.92 Å². The first-order valence-corrected chi connectivity index (χ1v) is 10.2. The van der Waals surface area contributed by atoms with Crippen LogP contribution in [0.5, 0.6) is 0 Å². The van der Waals surface area contributed by atoms with Crippen LogP contribution in [0.25, 0.3) is 22.1 Å². The molecule has 142 valence electrons. The van der Waals surface area contributed by atoms with Crippen molar-refractivity contribution < 1.29 is 18.6 Å². The van der Waals surface area contributed by atoms with Gasteiger partial charge in [0, 0.05) is 10.9 Å². The predicted octanol–water partition coefficient (Wildman–Crippen LogP) is 4.15. The highest BCUT2D eigenvalue weighted by Crippen LogP contribution is 2.42. The second-order valence-corrected chi connectivity index (χ2v) is 8.22. The standard InChI is InChI=1S/C18H14N4O4S2/c1-9-19-17(26-21-9)15-10-4-5-24-8-14(10)28-18(15)20-16(23)11-7-12(25-22-11)13-3-2-6-27-13/h2-3,6-7H,4-5,8H2,1H3,(H,20,23). The summed E-state index contributed by atoms with van der Waals surface area (Å²) in [6.07, 6.45) is 0.727. The van der Waals surface area contributed by atoms with Gasteiger partial charge in [0.1, 0.15) is 5.00 Å². The van der Waals surface area contributed by atoms with E-state index < -0.39 is 0 Å². The lowest BCUT2D eigenvalue weighted by Gasteiger charge is -2.12. The molecule has 1 aliphatic heterocycles. The van der Waals surface area contributed by atoms with Crippen LogP contribution in [0.1, 0.15) is 26.8 Å². The zero-order valence-corrected chi connectivity index (χ0v) is 16.4. The van der Waals surface area contributed by atoms with Crippen LogP contribution in [0.4, 0.5) is 5.00 Å². The Morgan fingerprint density at radius 3 is 3.00 bits per heavy atom. The number of hydrogen-bond donors (Lipinski definition) is 1. The molecule has 5 rings (SSSR count). The van der Waals surface area contributed by atoms with Crippen LogP contribution in [0.2, 0.25) is 0 Å². The minimum atomic E-state index is -0.358. The third-order valence-electron chi connectivity index (χ3n) is 4.30. The third-order valence-corrected chi connectivity index (χ3v) is 6.30. The SMILES string of the molecule is Cc1noc(-c2c(NC(=O)c3cc(-c4cccs4)on3)sc3c2CCOC3)n1. The molecule has 28 heavy (non-hydrogen) atoms. The first-order chi connectivity index (χ1) is 13.7. The molecule has 10 heteroatoms. The van der Waals surface area contributed by atoms with Gasteiger partial charge in [-0.25, -0.2) is 0 Å². The largest absolute Gasteiger partial charge is 0.376 e. The highest BCUT2D eigenvalue weighted by atomic mass is 32.1. The summed E-state index contributed by atoms with van der Waals surface area (Å²) >= 11 is 2.97. The number of thiophene rings is 2. The van der Waals surface area contributed by atoms with Crippen LogP contribution >= 0.6 is 22.7 Å². The number of hydrogen-bond acceptors (Lipinski definition) is 9. The number of nitrogens with zero attached hydrogens (tertiary/aromatic N) is 3. The molecule has 0 atom stereocenters. The summed E-state index contributed by atoms with van der Waals surface area (Å²) < 4.78 is 16.2. The summed E-state index contributed by atoms with van der Waals surface area (Å²) in [5, 5.41) is 13.3. The first kappa shape index (κ1) is 17.3. The molecular weight excluding hydrogens is 400 g/mol. The molecule has 0 radical (unpaired) electrons. The van der Waals surface area contributed by atoms with Crippen molar-refractivity contribution in [2.24, 2.45) is 0 Å². The molecule has 0 bridgehead atoms. The summed E-state index contributed by atoms with van der Waals surface area (Å²) in [4.78, 5) is 19.1. The maximum absolute atomic E-state index is 12.8. The average molecular weight is 414 g/mol. The molecule has 1 amide bonds. The Bertz CT molecular complexity index is 1140. The van der Waals surface area contributed by atoms with Gasteiger partial charge in [0.25, 0.3) is 11.8 Å². The topological polar surface area (TPSA) is 103 Å². The second kappa shape index (κ2) is 6.97. The Hall–Kier alpha value is -2.82. The molecule has 1 aliphatic rings. The Kier molecular flexibility index (Phi) is 4.30. The summed E-state index contributed by atoms with van der Waals surface area (Å²) in [5.74, 6) is 1.14. The monoisotopic (exact) mass is 414 g/mol. The second-order valence-electron chi connectivity index (χ2n) is 6.17. The van der Waals surface area contributed by atoms with Gasteiger partial charge in [-0.15, -0.1) is 22.7 Å². The smallest absolute Gasteiger partial charge is 0.278 e. The van der Waals surface area contributed by atoms with Gasteiger partial charge in [0.05, 0.1) is 23.7 Å². The number of amides is 1. The first-order valence-electron chi connectivity index (χ1n) is 8.54. The Labute approximate surface area is 167 Å². The van der Waals surface area contributed by atoms with E-state index in [-0.39, 0.29) is 11.6 Å². The van der Waals surface area contributed by atoms with Gasteiger partial charge in [-0.2, -0.15) is 4.98 Å². The zero-order chi connectivity index (χ0) is 19.1. The molecule has 0 fully saturated rings.